The molecule has 0 unspecified atom stereocenters. The van der Waals surface area contributed by atoms with E-state index in [0.717, 1.165) is 11.3 Å². The monoisotopic (exact) mass is 199 g/mol. The summed E-state index contributed by atoms with van der Waals surface area (Å²) in [6.07, 6.45) is 0. The van der Waals surface area contributed by atoms with E-state index in [2.05, 4.69) is 0 Å². The van der Waals surface area contributed by atoms with E-state index in [1.165, 1.54) is 0 Å². The van der Waals surface area contributed by atoms with Crippen LogP contribution in [0.5, 0.6) is 11.5 Å². The minimum absolute atomic E-state index is 0.657. The van der Waals surface area contributed by atoms with Gasteiger partial charge in [-0.1, -0.05) is 24.3 Å². The molecule has 2 aromatic rings. The van der Waals surface area contributed by atoms with E-state index in [1.54, 1.807) is 0 Å². The van der Waals surface area contributed by atoms with Crippen LogP contribution in [0.4, 0.5) is 5.69 Å². The van der Waals surface area contributed by atoms with E-state index in [1.807, 2.05) is 55.5 Å². The van der Waals surface area contributed by atoms with Gasteiger partial charge in [0.1, 0.15) is 5.75 Å². The number of benzene rings is 2. The van der Waals surface area contributed by atoms with Gasteiger partial charge < -0.3 is 10.5 Å². The molecule has 0 saturated heterocycles. The smallest absolute Gasteiger partial charge is 0.150 e. The van der Waals surface area contributed by atoms with E-state index in [4.69, 9.17) is 10.5 Å². The number of para-hydroxylation sites is 1. The molecular weight excluding hydrogens is 186 g/mol. The number of ether oxygens (including phenoxy) is 1. The summed E-state index contributed by atoms with van der Waals surface area (Å²) < 4.78 is 5.66. The summed E-state index contributed by atoms with van der Waals surface area (Å²) in [6.45, 7) is 2.01. The van der Waals surface area contributed by atoms with Crippen LogP contribution in [0.25, 0.3) is 0 Å². The van der Waals surface area contributed by atoms with Crippen molar-refractivity contribution in [2.75, 3.05) is 5.73 Å². The number of hydrogen-bond donors (Lipinski definition) is 1. The van der Waals surface area contributed by atoms with Crippen LogP contribution in [0.3, 0.4) is 0 Å². The van der Waals surface area contributed by atoms with Gasteiger partial charge in [-0.25, -0.2) is 0 Å². The van der Waals surface area contributed by atoms with Crippen molar-refractivity contribution < 1.29 is 4.74 Å². The quantitative estimate of drug-likeness (QED) is 0.752. The van der Waals surface area contributed by atoms with E-state index in [0.29, 0.717) is 11.4 Å². The van der Waals surface area contributed by atoms with Crippen LogP contribution in [0.15, 0.2) is 48.5 Å². The topological polar surface area (TPSA) is 35.2 Å². The molecular formula is C13H13NO. The predicted octanol–water partition coefficient (Wildman–Crippen LogP) is 3.37. The molecule has 15 heavy (non-hydrogen) atoms. The highest BCUT2D eigenvalue weighted by atomic mass is 16.5. The van der Waals surface area contributed by atoms with Gasteiger partial charge in [0.15, 0.2) is 5.75 Å². The number of anilines is 1. The summed E-state index contributed by atoms with van der Waals surface area (Å²) in [7, 11) is 0. The Morgan fingerprint density at radius 2 is 1.73 bits per heavy atom. The Bertz CT molecular complexity index is 451. The number of rotatable bonds is 2. The molecule has 0 heterocycles. The van der Waals surface area contributed by atoms with Gasteiger partial charge in [-0.15, -0.1) is 0 Å². The van der Waals surface area contributed by atoms with Crippen LogP contribution in [0.1, 0.15) is 5.56 Å². The number of hydrogen-bond acceptors (Lipinski definition) is 2. The highest BCUT2D eigenvalue weighted by molar-refractivity contribution is 5.55. The highest BCUT2D eigenvalue weighted by Crippen LogP contribution is 2.27. The summed E-state index contributed by atoms with van der Waals surface area (Å²) in [5.74, 6) is 1.51. The second-order valence-corrected chi connectivity index (χ2v) is 3.46. The Morgan fingerprint density at radius 1 is 1.00 bits per heavy atom. The molecule has 0 spiro atoms. The Balaban J connectivity index is 2.28. The fourth-order valence-electron chi connectivity index (χ4n) is 1.35. The van der Waals surface area contributed by atoms with Crippen molar-refractivity contribution in [3.8, 4) is 11.5 Å². The molecule has 0 aliphatic carbocycles. The van der Waals surface area contributed by atoms with Crippen LogP contribution in [-0.4, -0.2) is 0 Å². The lowest BCUT2D eigenvalue weighted by atomic mass is 10.2. The second-order valence-electron chi connectivity index (χ2n) is 3.46. The van der Waals surface area contributed by atoms with E-state index in [9.17, 15) is 0 Å². The molecule has 0 atom stereocenters. The maximum atomic E-state index is 5.81. The fraction of sp³-hybridized carbons (Fsp3) is 0.0769. The molecule has 0 aliphatic rings. The number of aryl methyl sites for hydroxylation is 1. The molecule has 0 saturated carbocycles. The third kappa shape index (κ3) is 2.29. The first kappa shape index (κ1) is 9.59. The number of nitrogen functional groups attached to an aromatic ring is 1. The van der Waals surface area contributed by atoms with Crippen LogP contribution in [0.2, 0.25) is 0 Å². The standard InChI is InChI=1S/C13H13NO/c1-10-7-8-12(14)13(9-10)15-11-5-3-2-4-6-11/h2-9H,14H2,1H3. The average molecular weight is 199 g/mol. The van der Waals surface area contributed by atoms with Crippen LogP contribution >= 0.6 is 0 Å². The SMILES string of the molecule is Cc1ccc(N)c(Oc2ccccc2)c1. The van der Waals surface area contributed by atoms with Crippen molar-refractivity contribution >= 4 is 5.69 Å². The van der Waals surface area contributed by atoms with Crippen molar-refractivity contribution in [1.82, 2.24) is 0 Å². The van der Waals surface area contributed by atoms with E-state index >= 15 is 0 Å². The molecule has 2 N–H and O–H groups in total. The molecule has 0 radical (unpaired) electrons. The Labute approximate surface area is 89.3 Å². The average Bonchev–Trinajstić information content (AvgIpc) is 2.25. The Kier molecular flexibility index (Phi) is 2.59. The third-order valence-electron chi connectivity index (χ3n) is 2.14. The predicted molar refractivity (Wildman–Crippen MR) is 62.1 cm³/mol. The molecule has 2 rings (SSSR count). The zero-order chi connectivity index (χ0) is 10.7. The molecule has 0 aromatic heterocycles. The van der Waals surface area contributed by atoms with Gasteiger partial charge in [-0.2, -0.15) is 0 Å². The van der Waals surface area contributed by atoms with Gasteiger partial charge in [0.25, 0.3) is 0 Å². The van der Waals surface area contributed by atoms with Gasteiger partial charge in [0.2, 0.25) is 0 Å². The lowest BCUT2D eigenvalue weighted by Crippen LogP contribution is -1.92. The van der Waals surface area contributed by atoms with Gasteiger partial charge >= 0.3 is 0 Å². The largest absolute Gasteiger partial charge is 0.455 e. The molecule has 2 heteroatoms. The first-order valence-electron chi connectivity index (χ1n) is 4.85. The summed E-state index contributed by atoms with van der Waals surface area (Å²) in [6, 6.07) is 15.4. The number of nitrogens with two attached hydrogens (primary N) is 1. The lowest BCUT2D eigenvalue weighted by molar-refractivity contribution is 0.484. The molecule has 0 bridgehead atoms. The first-order valence-corrected chi connectivity index (χ1v) is 4.85. The van der Waals surface area contributed by atoms with Crippen molar-refractivity contribution in [2.45, 2.75) is 6.92 Å². The normalized spacial score (nSPS) is 9.93. The molecule has 0 fully saturated rings. The summed E-state index contributed by atoms with van der Waals surface area (Å²) >= 11 is 0. The van der Waals surface area contributed by atoms with Crippen LogP contribution < -0.4 is 10.5 Å². The molecule has 76 valence electrons. The highest BCUT2D eigenvalue weighted by Gasteiger charge is 2.01. The minimum Gasteiger partial charge on any atom is -0.455 e. The fourth-order valence-corrected chi connectivity index (χ4v) is 1.35. The maximum Gasteiger partial charge on any atom is 0.150 e. The summed E-state index contributed by atoms with van der Waals surface area (Å²) in [4.78, 5) is 0. The van der Waals surface area contributed by atoms with Crippen molar-refractivity contribution in [3.05, 3.63) is 54.1 Å². The van der Waals surface area contributed by atoms with Crippen molar-refractivity contribution in [3.63, 3.8) is 0 Å². The van der Waals surface area contributed by atoms with Crippen LogP contribution in [0, 0.1) is 6.92 Å². The molecule has 2 nitrogen and oxygen atoms in total. The molecule has 2 aromatic carbocycles. The first-order chi connectivity index (χ1) is 7.25. The van der Waals surface area contributed by atoms with E-state index < -0.39 is 0 Å². The minimum atomic E-state index is 0.657. The van der Waals surface area contributed by atoms with Gasteiger partial charge in [0, 0.05) is 0 Å². The Morgan fingerprint density at radius 3 is 2.47 bits per heavy atom. The van der Waals surface area contributed by atoms with Crippen LogP contribution in [-0.2, 0) is 0 Å². The van der Waals surface area contributed by atoms with Gasteiger partial charge in [-0.05, 0) is 36.8 Å². The molecule has 0 aliphatic heterocycles. The summed E-state index contributed by atoms with van der Waals surface area (Å²) in [5.41, 5.74) is 7.60. The van der Waals surface area contributed by atoms with Gasteiger partial charge in [0.05, 0.1) is 5.69 Å². The maximum absolute atomic E-state index is 5.81. The molecule has 0 amide bonds. The summed E-state index contributed by atoms with van der Waals surface area (Å²) in [5, 5.41) is 0. The zero-order valence-corrected chi connectivity index (χ0v) is 8.60. The zero-order valence-electron chi connectivity index (χ0n) is 8.60. The third-order valence-corrected chi connectivity index (χ3v) is 2.14. The van der Waals surface area contributed by atoms with Crippen molar-refractivity contribution in [2.24, 2.45) is 0 Å². The Hall–Kier alpha value is -1.96. The van der Waals surface area contributed by atoms with Crippen molar-refractivity contribution in [1.29, 1.82) is 0 Å². The second kappa shape index (κ2) is 4.05. The van der Waals surface area contributed by atoms with E-state index in [-0.39, 0.29) is 0 Å². The van der Waals surface area contributed by atoms with Gasteiger partial charge in [-0.3, -0.25) is 0 Å². The lowest BCUT2D eigenvalue weighted by Gasteiger charge is -2.08.